The molecule has 0 spiro atoms. The average Bonchev–Trinajstić information content (AvgIpc) is 2.62. The molecule has 25 heavy (non-hydrogen) atoms. The molecule has 1 aliphatic heterocycles. The first-order valence-electron chi connectivity index (χ1n) is 8.80. The Hall–Kier alpha value is -2.34. The van der Waals surface area contributed by atoms with Gasteiger partial charge in [0.25, 0.3) is 0 Å². The van der Waals surface area contributed by atoms with Gasteiger partial charge in [-0.1, -0.05) is 12.1 Å². The minimum atomic E-state index is 0.711. The number of rotatable bonds is 6. The molecule has 3 rings (SSSR count). The second kappa shape index (κ2) is 8.16. The summed E-state index contributed by atoms with van der Waals surface area (Å²) in [5, 5.41) is 3.36. The summed E-state index contributed by atoms with van der Waals surface area (Å²) in [7, 11) is 3.85. The number of hydrogen-bond donors (Lipinski definition) is 1. The van der Waals surface area contributed by atoms with Crippen LogP contribution in [0.3, 0.4) is 0 Å². The highest BCUT2D eigenvalue weighted by molar-refractivity contribution is 5.45. The molecule has 2 heterocycles. The van der Waals surface area contributed by atoms with Crippen molar-refractivity contribution in [2.45, 2.75) is 13.3 Å². The fraction of sp³-hybridized carbons (Fsp3) is 0.474. The van der Waals surface area contributed by atoms with Crippen molar-refractivity contribution in [2.75, 3.05) is 57.1 Å². The van der Waals surface area contributed by atoms with Gasteiger partial charge in [0.2, 0.25) is 5.95 Å². The van der Waals surface area contributed by atoms with E-state index in [2.05, 4.69) is 45.3 Å². The zero-order chi connectivity index (χ0) is 17.6. The first-order chi connectivity index (χ1) is 12.1. The lowest BCUT2D eigenvalue weighted by Crippen LogP contribution is -2.44. The second-order valence-corrected chi connectivity index (χ2v) is 6.51. The minimum Gasteiger partial charge on any atom is -0.497 e. The van der Waals surface area contributed by atoms with Gasteiger partial charge in [0, 0.05) is 44.5 Å². The van der Waals surface area contributed by atoms with E-state index in [1.165, 1.54) is 5.56 Å². The fourth-order valence-electron chi connectivity index (χ4n) is 2.94. The lowest BCUT2D eigenvalue weighted by Gasteiger charge is -2.33. The van der Waals surface area contributed by atoms with Crippen molar-refractivity contribution in [1.29, 1.82) is 0 Å². The summed E-state index contributed by atoms with van der Waals surface area (Å²) >= 11 is 0. The predicted octanol–water partition coefficient (Wildman–Crippen LogP) is 2.20. The molecule has 1 N–H and O–H groups in total. The number of ether oxygens (including phenoxy) is 1. The molecule has 1 aromatic heterocycles. The third kappa shape index (κ3) is 4.82. The van der Waals surface area contributed by atoms with Crippen LogP contribution in [0.2, 0.25) is 0 Å². The zero-order valence-electron chi connectivity index (χ0n) is 15.3. The molecule has 0 bridgehead atoms. The van der Waals surface area contributed by atoms with Gasteiger partial charge in [-0.3, -0.25) is 0 Å². The van der Waals surface area contributed by atoms with E-state index in [-0.39, 0.29) is 0 Å². The van der Waals surface area contributed by atoms with Crippen molar-refractivity contribution >= 4 is 11.8 Å². The maximum absolute atomic E-state index is 5.19. The van der Waals surface area contributed by atoms with E-state index in [0.717, 1.165) is 56.4 Å². The largest absolute Gasteiger partial charge is 0.497 e. The number of hydrogen-bond acceptors (Lipinski definition) is 6. The Morgan fingerprint density at radius 3 is 2.48 bits per heavy atom. The van der Waals surface area contributed by atoms with E-state index in [9.17, 15) is 0 Å². The number of methoxy groups -OCH3 is 1. The molecule has 6 heteroatoms. The molecule has 0 amide bonds. The topological polar surface area (TPSA) is 53.5 Å². The van der Waals surface area contributed by atoms with E-state index in [1.807, 2.05) is 19.1 Å². The van der Waals surface area contributed by atoms with E-state index < -0.39 is 0 Å². The quantitative estimate of drug-likeness (QED) is 0.869. The van der Waals surface area contributed by atoms with Crippen molar-refractivity contribution < 1.29 is 4.74 Å². The summed E-state index contributed by atoms with van der Waals surface area (Å²) in [6, 6.07) is 10.2. The summed E-state index contributed by atoms with van der Waals surface area (Å²) in [5.41, 5.74) is 2.26. The highest BCUT2D eigenvalue weighted by Crippen LogP contribution is 2.17. The Kier molecular flexibility index (Phi) is 5.71. The summed E-state index contributed by atoms with van der Waals surface area (Å²) in [6.07, 6.45) is 0.922. The van der Waals surface area contributed by atoms with Crippen LogP contribution >= 0.6 is 0 Å². The van der Waals surface area contributed by atoms with Crippen molar-refractivity contribution in [3.63, 3.8) is 0 Å². The number of anilines is 2. The van der Waals surface area contributed by atoms with Gasteiger partial charge in [-0.05, 0) is 38.1 Å². The van der Waals surface area contributed by atoms with Gasteiger partial charge >= 0.3 is 0 Å². The molecule has 0 atom stereocenters. The molecular weight excluding hydrogens is 314 g/mol. The van der Waals surface area contributed by atoms with Crippen molar-refractivity contribution in [2.24, 2.45) is 0 Å². The highest BCUT2D eigenvalue weighted by Gasteiger charge is 2.16. The van der Waals surface area contributed by atoms with Gasteiger partial charge in [-0.15, -0.1) is 0 Å². The molecule has 1 aromatic carbocycles. The number of piperazine rings is 1. The van der Waals surface area contributed by atoms with E-state index in [0.29, 0.717) is 5.95 Å². The Bertz CT molecular complexity index is 681. The van der Waals surface area contributed by atoms with Gasteiger partial charge < -0.3 is 19.9 Å². The first kappa shape index (κ1) is 17.5. The molecule has 134 valence electrons. The zero-order valence-corrected chi connectivity index (χ0v) is 15.3. The second-order valence-electron chi connectivity index (χ2n) is 6.51. The lowest BCUT2D eigenvalue weighted by molar-refractivity contribution is 0.312. The molecule has 0 aliphatic carbocycles. The molecule has 6 nitrogen and oxygen atoms in total. The molecular formula is C19H27N5O. The van der Waals surface area contributed by atoms with Crippen LogP contribution in [0.15, 0.2) is 30.3 Å². The van der Waals surface area contributed by atoms with Crippen LogP contribution in [-0.2, 0) is 6.42 Å². The lowest BCUT2D eigenvalue weighted by atomic mass is 10.1. The van der Waals surface area contributed by atoms with Crippen LogP contribution in [0.1, 0.15) is 11.3 Å². The van der Waals surface area contributed by atoms with E-state index in [4.69, 9.17) is 9.72 Å². The van der Waals surface area contributed by atoms with Gasteiger partial charge in [-0.2, -0.15) is 4.98 Å². The Morgan fingerprint density at radius 1 is 1.08 bits per heavy atom. The maximum Gasteiger partial charge on any atom is 0.224 e. The van der Waals surface area contributed by atoms with Crippen LogP contribution in [0.4, 0.5) is 11.8 Å². The smallest absolute Gasteiger partial charge is 0.224 e. The van der Waals surface area contributed by atoms with Gasteiger partial charge in [0.15, 0.2) is 0 Å². The van der Waals surface area contributed by atoms with Crippen LogP contribution < -0.4 is 15.0 Å². The molecule has 0 saturated carbocycles. The Balaban J connectivity index is 1.58. The molecule has 1 aliphatic rings. The first-order valence-corrected chi connectivity index (χ1v) is 8.80. The van der Waals surface area contributed by atoms with Gasteiger partial charge in [0.05, 0.1) is 7.11 Å². The SMILES string of the molecule is COc1ccc(CCNc2nc(C)cc(N3CCN(C)CC3)n2)cc1. The summed E-state index contributed by atoms with van der Waals surface area (Å²) in [4.78, 5) is 13.9. The standard InChI is InChI=1S/C19H27N5O/c1-15-14-18(24-12-10-23(2)11-13-24)22-19(21-15)20-9-8-16-4-6-17(25-3)7-5-16/h4-7,14H,8-13H2,1-3H3,(H,20,21,22). The predicted molar refractivity (Wildman–Crippen MR) is 102 cm³/mol. The van der Waals surface area contributed by atoms with Crippen LogP contribution in [0.25, 0.3) is 0 Å². The molecule has 1 saturated heterocycles. The van der Waals surface area contributed by atoms with Crippen LogP contribution in [0.5, 0.6) is 5.75 Å². The normalized spacial score (nSPS) is 15.2. The van der Waals surface area contributed by atoms with Crippen molar-refractivity contribution in [1.82, 2.24) is 14.9 Å². The fourth-order valence-corrected chi connectivity index (χ4v) is 2.94. The van der Waals surface area contributed by atoms with Gasteiger partial charge in [-0.25, -0.2) is 4.98 Å². The van der Waals surface area contributed by atoms with Crippen molar-refractivity contribution in [3.8, 4) is 5.75 Å². The Morgan fingerprint density at radius 2 is 1.80 bits per heavy atom. The monoisotopic (exact) mass is 341 g/mol. The number of nitrogens with one attached hydrogen (secondary N) is 1. The number of aryl methyl sites for hydroxylation is 1. The molecule has 2 aromatic rings. The van der Waals surface area contributed by atoms with E-state index >= 15 is 0 Å². The molecule has 1 fully saturated rings. The minimum absolute atomic E-state index is 0.711. The maximum atomic E-state index is 5.19. The van der Waals surface area contributed by atoms with Crippen LogP contribution in [0, 0.1) is 6.92 Å². The van der Waals surface area contributed by atoms with Crippen molar-refractivity contribution in [3.05, 3.63) is 41.6 Å². The molecule has 0 radical (unpaired) electrons. The highest BCUT2D eigenvalue weighted by atomic mass is 16.5. The number of likely N-dealkylation sites (N-methyl/N-ethyl adjacent to an activating group) is 1. The summed E-state index contributed by atoms with van der Waals surface area (Å²) in [6.45, 7) is 7.00. The third-order valence-corrected chi connectivity index (χ3v) is 4.52. The van der Waals surface area contributed by atoms with E-state index in [1.54, 1.807) is 7.11 Å². The number of benzene rings is 1. The number of nitrogens with zero attached hydrogens (tertiary/aromatic N) is 4. The average molecular weight is 341 g/mol. The van der Waals surface area contributed by atoms with Gasteiger partial charge in [0.1, 0.15) is 11.6 Å². The summed E-state index contributed by atoms with van der Waals surface area (Å²) in [5.74, 6) is 2.62. The van der Waals surface area contributed by atoms with Crippen LogP contribution in [-0.4, -0.2) is 61.7 Å². The summed E-state index contributed by atoms with van der Waals surface area (Å²) < 4.78 is 5.19. The number of aromatic nitrogens is 2. The third-order valence-electron chi connectivity index (χ3n) is 4.52. The molecule has 0 unspecified atom stereocenters. The Labute approximate surface area is 149 Å².